The summed E-state index contributed by atoms with van der Waals surface area (Å²) in [5, 5.41) is 7.59. The molecule has 1 saturated carbocycles. The van der Waals surface area contributed by atoms with Crippen molar-refractivity contribution in [3.05, 3.63) is 47.3 Å². The Morgan fingerprint density at radius 1 is 1.27 bits per heavy atom. The number of rotatable bonds is 5. The Morgan fingerprint density at radius 3 is 2.62 bits per heavy atom. The molecule has 6 heteroatoms. The lowest BCUT2D eigenvalue weighted by molar-refractivity contribution is 0.0915. The average molecular weight is 377 g/mol. The maximum absolute atomic E-state index is 12.8. The first-order chi connectivity index (χ1) is 12.1. The molecule has 0 saturated heterocycles. The van der Waals surface area contributed by atoms with Crippen LogP contribution in [0, 0.1) is 19.8 Å². The summed E-state index contributed by atoms with van der Waals surface area (Å²) in [6.45, 7) is 4.47. The predicted molar refractivity (Wildman–Crippen MR) is 107 cm³/mol. The number of amides is 1. The highest BCUT2D eigenvalue weighted by Crippen LogP contribution is 2.26. The van der Waals surface area contributed by atoms with Crippen LogP contribution in [0.1, 0.15) is 53.7 Å². The van der Waals surface area contributed by atoms with Crippen molar-refractivity contribution in [3.8, 4) is 5.69 Å². The molecule has 1 aromatic heterocycles. The molecule has 0 spiro atoms. The Hall–Kier alpha value is -1.85. The van der Waals surface area contributed by atoms with Gasteiger partial charge in [-0.3, -0.25) is 4.79 Å². The minimum absolute atomic E-state index is 0. The highest BCUT2D eigenvalue weighted by Gasteiger charge is 2.25. The van der Waals surface area contributed by atoms with E-state index in [-0.39, 0.29) is 24.4 Å². The third-order valence-corrected chi connectivity index (χ3v) is 5.39. The average Bonchev–Trinajstić information content (AvgIpc) is 3.02. The van der Waals surface area contributed by atoms with Gasteiger partial charge in [0.2, 0.25) is 0 Å². The van der Waals surface area contributed by atoms with Crippen molar-refractivity contribution < 1.29 is 4.79 Å². The van der Waals surface area contributed by atoms with E-state index < -0.39 is 0 Å². The molecular formula is C20H29ClN4O. The Balaban J connectivity index is 0.00000243. The lowest BCUT2D eigenvalue weighted by Crippen LogP contribution is -2.46. The molecule has 2 aromatic rings. The first-order valence-electron chi connectivity index (χ1n) is 9.23. The molecule has 0 aliphatic heterocycles. The number of aryl methyl sites for hydroxylation is 1. The smallest absolute Gasteiger partial charge is 0.255 e. The number of nitrogens with zero attached hydrogens (tertiary/aromatic N) is 2. The van der Waals surface area contributed by atoms with Crippen LogP contribution < -0.4 is 11.1 Å². The Labute approximate surface area is 161 Å². The van der Waals surface area contributed by atoms with Crippen LogP contribution in [0.5, 0.6) is 0 Å². The summed E-state index contributed by atoms with van der Waals surface area (Å²) in [7, 11) is 0. The molecule has 0 bridgehead atoms. The molecule has 1 atom stereocenters. The number of nitrogens with one attached hydrogen (secondary N) is 1. The van der Waals surface area contributed by atoms with Gasteiger partial charge in [0.15, 0.2) is 0 Å². The fourth-order valence-electron chi connectivity index (χ4n) is 3.83. The SMILES string of the molecule is Cc1ccccc1-n1ncc(C(=O)NC(CN)C2CCCCC2)c1C.Cl. The van der Waals surface area contributed by atoms with Crippen molar-refractivity contribution in [2.24, 2.45) is 11.7 Å². The molecular weight excluding hydrogens is 348 g/mol. The van der Waals surface area contributed by atoms with Gasteiger partial charge in [-0.1, -0.05) is 37.5 Å². The van der Waals surface area contributed by atoms with Crippen molar-refractivity contribution in [1.82, 2.24) is 15.1 Å². The van der Waals surface area contributed by atoms with Gasteiger partial charge in [-0.2, -0.15) is 5.10 Å². The summed E-state index contributed by atoms with van der Waals surface area (Å²) in [6, 6.07) is 8.10. The van der Waals surface area contributed by atoms with Crippen LogP contribution in [0.2, 0.25) is 0 Å². The van der Waals surface area contributed by atoms with Crippen molar-refractivity contribution >= 4 is 18.3 Å². The van der Waals surface area contributed by atoms with Gasteiger partial charge in [0.1, 0.15) is 0 Å². The molecule has 1 aliphatic rings. The number of carbonyl (C=O) groups excluding carboxylic acids is 1. The van der Waals surface area contributed by atoms with Crippen molar-refractivity contribution in [2.75, 3.05) is 6.54 Å². The maximum Gasteiger partial charge on any atom is 0.255 e. The molecule has 0 radical (unpaired) electrons. The van der Waals surface area contributed by atoms with Crippen LogP contribution in [0.3, 0.4) is 0 Å². The summed E-state index contributed by atoms with van der Waals surface area (Å²) >= 11 is 0. The number of benzene rings is 1. The van der Waals surface area contributed by atoms with Crippen LogP contribution in [0.4, 0.5) is 0 Å². The first kappa shape index (κ1) is 20.5. The third-order valence-electron chi connectivity index (χ3n) is 5.39. The van der Waals surface area contributed by atoms with E-state index in [0.29, 0.717) is 18.0 Å². The summed E-state index contributed by atoms with van der Waals surface area (Å²) < 4.78 is 1.84. The number of nitrogens with two attached hydrogens (primary N) is 1. The number of carbonyl (C=O) groups is 1. The fourth-order valence-corrected chi connectivity index (χ4v) is 3.83. The van der Waals surface area contributed by atoms with Crippen molar-refractivity contribution in [2.45, 2.75) is 52.0 Å². The molecule has 142 valence electrons. The van der Waals surface area contributed by atoms with Crippen LogP contribution in [-0.2, 0) is 0 Å². The second kappa shape index (κ2) is 9.19. The predicted octanol–water partition coefficient (Wildman–Crippen LogP) is 3.55. The minimum Gasteiger partial charge on any atom is -0.348 e. The molecule has 1 heterocycles. The second-order valence-electron chi connectivity index (χ2n) is 7.06. The first-order valence-corrected chi connectivity index (χ1v) is 9.23. The lowest BCUT2D eigenvalue weighted by atomic mass is 9.84. The van der Waals surface area contributed by atoms with Gasteiger partial charge in [0.25, 0.3) is 5.91 Å². The number of aromatic nitrogens is 2. The van der Waals surface area contributed by atoms with E-state index in [1.54, 1.807) is 6.20 Å². The van der Waals surface area contributed by atoms with E-state index >= 15 is 0 Å². The summed E-state index contributed by atoms with van der Waals surface area (Å²) in [5.41, 5.74) is 9.55. The van der Waals surface area contributed by atoms with E-state index in [0.717, 1.165) is 29.8 Å². The quantitative estimate of drug-likeness (QED) is 0.838. The maximum atomic E-state index is 12.8. The highest BCUT2D eigenvalue weighted by atomic mass is 35.5. The third kappa shape index (κ3) is 4.27. The van der Waals surface area contributed by atoms with Gasteiger partial charge >= 0.3 is 0 Å². The van der Waals surface area contributed by atoms with E-state index in [1.807, 2.05) is 42.8 Å². The Morgan fingerprint density at radius 2 is 1.96 bits per heavy atom. The zero-order valence-corrected chi connectivity index (χ0v) is 16.4. The van der Waals surface area contributed by atoms with Crippen LogP contribution >= 0.6 is 12.4 Å². The van der Waals surface area contributed by atoms with Gasteiger partial charge in [-0.05, 0) is 44.2 Å². The zero-order valence-electron chi connectivity index (χ0n) is 15.6. The number of hydrogen-bond acceptors (Lipinski definition) is 3. The molecule has 1 amide bonds. The van der Waals surface area contributed by atoms with Gasteiger partial charge in [-0.25, -0.2) is 4.68 Å². The molecule has 3 N–H and O–H groups in total. The normalized spacial score (nSPS) is 16.0. The molecule has 1 unspecified atom stereocenters. The van der Waals surface area contributed by atoms with Gasteiger partial charge < -0.3 is 11.1 Å². The van der Waals surface area contributed by atoms with E-state index in [4.69, 9.17) is 5.73 Å². The van der Waals surface area contributed by atoms with E-state index in [1.165, 1.54) is 19.3 Å². The van der Waals surface area contributed by atoms with Crippen LogP contribution in [0.25, 0.3) is 5.69 Å². The minimum atomic E-state index is -0.0710. The number of halogens is 1. The van der Waals surface area contributed by atoms with Crippen LogP contribution in [-0.4, -0.2) is 28.3 Å². The molecule has 3 rings (SSSR count). The van der Waals surface area contributed by atoms with Gasteiger partial charge in [0, 0.05) is 12.6 Å². The highest BCUT2D eigenvalue weighted by molar-refractivity contribution is 5.95. The second-order valence-corrected chi connectivity index (χ2v) is 7.06. The molecule has 5 nitrogen and oxygen atoms in total. The van der Waals surface area contributed by atoms with E-state index in [2.05, 4.69) is 10.4 Å². The van der Waals surface area contributed by atoms with Crippen molar-refractivity contribution in [1.29, 1.82) is 0 Å². The van der Waals surface area contributed by atoms with Crippen LogP contribution in [0.15, 0.2) is 30.5 Å². The summed E-state index contributed by atoms with van der Waals surface area (Å²) in [5.74, 6) is 0.424. The summed E-state index contributed by atoms with van der Waals surface area (Å²) in [4.78, 5) is 12.8. The monoisotopic (exact) mass is 376 g/mol. The number of para-hydroxylation sites is 1. The van der Waals surface area contributed by atoms with Gasteiger partial charge in [-0.15, -0.1) is 12.4 Å². The largest absolute Gasteiger partial charge is 0.348 e. The zero-order chi connectivity index (χ0) is 17.8. The fraction of sp³-hybridized carbons (Fsp3) is 0.500. The topological polar surface area (TPSA) is 72.9 Å². The lowest BCUT2D eigenvalue weighted by Gasteiger charge is -2.30. The molecule has 1 aliphatic carbocycles. The standard InChI is InChI=1S/C20H28N4O.ClH/c1-14-8-6-7-11-19(14)24-15(2)17(13-22-24)20(25)23-18(12-21)16-9-4-3-5-10-16;/h6-8,11,13,16,18H,3-5,9-10,12,21H2,1-2H3,(H,23,25);1H. The Kier molecular flexibility index (Phi) is 7.23. The van der Waals surface area contributed by atoms with Gasteiger partial charge in [0.05, 0.1) is 23.1 Å². The van der Waals surface area contributed by atoms with E-state index in [9.17, 15) is 4.79 Å². The summed E-state index contributed by atoms with van der Waals surface area (Å²) in [6.07, 6.45) is 7.74. The van der Waals surface area contributed by atoms with Crippen molar-refractivity contribution in [3.63, 3.8) is 0 Å². The Bertz CT molecular complexity index is 737. The molecule has 26 heavy (non-hydrogen) atoms. The number of hydrogen-bond donors (Lipinski definition) is 2. The molecule has 1 aromatic carbocycles. The molecule has 1 fully saturated rings.